The molecule has 1 saturated heterocycles. The third kappa shape index (κ3) is 3.51. The molecule has 2 amide bonds. The van der Waals surface area contributed by atoms with E-state index in [-0.39, 0.29) is 30.3 Å². The molecule has 2 fully saturated rings. The van der Waals surface area contributed by atoms with Crippen molar-refractivity contribution < 1.29 is 13.2 Å². The van der Waals surface area contributed by atoms with Crippen LogP contribution >= 0.6 is 11.6 Å². The highest BCUT2D eigenvalue weighted by atomic mass is 35.5. The van der Waals surface area contributed by atoms with Gasteiger partial charge in [0.05, 0.1) is 10.5 Å². The number of amides is 2. The van der Waals surface area contributed by atoms with E-state index in [1.807, 2.05) is 24.3 Å². The van der Waals surface area contributed by atoms with Gasteiger partial charge >= 0.3 is 6.03 Å². The van der Waals surface area contributed by atoms with Gasteiger partial charge in [-0.25, -0.2) is 13.2 Å². The van der Waals surface area contributed by atoms with Crippen LogP contribution in [0.2, 0.25) is 5.02 Å². The lowest BCUT2D eigenvalue weighted by atomic mass is 9.64. The van der Waals surface area contributed by atoms with Crippen molar-refractivity contribution in [2.45, 2.75) is 43.3 Å². The highest BCUT2D eigenvalue weighted by Gasteiger charge is 2.43. The molecular formula is C18H25ClN2O3S. The van der Waals surface area contributed by atoms with Crippen LogP contribution in [0.25, 0.3) is 0 Å². The minimum atomic E-state index is -3.15. The Hall–Kier alpha value is -1.27. The first-order valence-electron chi connectivity index (χ1n) is 8.66. The van der Waals surface area contributed by atoms with Gasteiger partial charge in [0.2, 0.25) is 0 Å². The standard InChI is InChI=1S/C18H25ClN2O3S/c1-17(2)13-21(10-11-25(17,23)24)16(22)20-12-18(8-3-9-18)14-4-6-15(19)7-5-14/h4-7H,3,8-13H2,1-2H3,(H,20,22). The van der Waals surface area contributed by atoms with Gasteiger partial charge in [-0.2, -0.15) is 0 Å². The number of sulfone groups is 1. The largest absolute Gasteiger partial charge is 0.337 e. The van der Waals surface area contributed by atoms with E-state index in [4.69, 9.17) is 11.6 Å². The number of rotatable bonds is 3. The van der Waals surface area contributed by atoms with Crippen molar-refractivity contribution in [1.29, 1.82) is 0 Å². The summed E-state index contributed by atoms with van der Waals surface area (Å²) in [6.07, 6.45) is 3.22. The predicted octanol–water partition coefficient (Wildman–Crippen LogP) is 2.98. The van der Waals surface area contributed by atoms with Crippen LogP contribution in [0.15, 0.2) is 24.3 Å². The Bertz CT molecular complexity index is 755. The first kappa shape index (κ1) is 18.5. The normalized spacial score (nSPS) is 23.6. The third-order valence-corrected chi connectivity index (χ3v) is 8.46. The summed E-state index contributed by atoms with van der Waals surface area (Å²) in [5.41, 5.74) is 1.17. The maximum absolute atomic E-state index is 12.6. The zero-order valence-electron chi connectivity index (χ0n) is 14.7. The summed E-state index contributed by atoms with van der Waals surface area (Å²) in [7, 11) is -3.15. The molecule has 0 spiro atoms. The van der Waals surface area contributed by atoms with Crippen molar-refractivity contribution in [2.75, 3.05) is 25.4 Å². The average molecular weight is 385 g/mol. The number of urea groups is 1. The molecule has 5 nitrogen and oxygen atoms in total. The second kappa shape index (κ2) is 6.47. The second-order valence-electron chi connectivity index (χ2n) is 7.80. The Morgan fingerprint density at radius 1 is 1.24 bits per heavy atom. The molecule has 1 aromatic carbocycles. The molecule has 3 rings (SSSR count). The minimum absolute atomic E-state index is 0.0236. The molecule has 0 aromatic heterocycles. The molecule has 1 aromatic rings. The summed E-state index contributed by atoms with van der Waals surface area (Å²) in [6.45, 7) is 4.42. The number of nitrogens with one attached hydrogen (secondary N) is 1. The summed E-state index contributed by atoms with van der Waals surface area (Å²) in [4.78, 5) is 14.2. The smallest absolute Gasteiger partial charge is 0.317 e. The lowest BCUT2D eigenvalue weighted by molar-refractivity contribution is 0.179. The summed E-state index contributed by atoms with van der Waals surface area (Å²) < 4.78 is 23.3. The van der Waals surface area contributed by atoms with Crippen molar-refractivity contribution in [3.63, 3.8) is 0 Å². The zero-order valence-corrected chi connectivity index (χ0v) is 16.3. The van der Waals surface area contributed by atoms with Gasteiger partial charge in [0.1, 0.15) is 0 Å². The number of benzene rings is 1. The molecule has 1 aliphatic heterocycles. The van der Waals surface area contributed by atoms with Gasteiger partial charge in [-0.3, -0.25) is 0 Å². The van der Waals surface area contributed by atoms with E-state index in [2.05, 4.69) is 5.32 Å². The highest BCUT2D eigenvalue weighted by Crippen LogP contribution is 2.43. The second-order valence-corrected chi connectivity index (χ2v) is 11.0. The Kier molecular flexibility index (Phi) is 4.79. The number of hydrogen-bond donors (Lipinski definition) is 1. The molecule has 1 aliphatic carbocycles. The first-order valence-corrected chi connectivity index (χ1v) is 10.7. The van der Waals surface area contributed by atoms with Crippen LogP contribution in [0.5, 0.6) is 0 Å². The summed E-state index contributed by atoms with van der Waals surface area (Å²) >= 11 is 5.98. The highest BCUT2D eigenvalue weighted by molar-refractivity contribution is 7.92. The van der Waals surface area contributed by atoms with Crippen molar-refractivity contribution in [3.05, 3.63) is 34.9 Å². The number of hydrogen-bond acceptors (Lipinski definition) is 3. The monoisotopic (exact) mass is 384 g/mol. The van der Waals surface area contributed by atoms with Crippen molar-refractivity contribution in [2.24, 2.45) is 0 Å². The van der Waals surface area contributed by atoms with Gasteiger partial charge < -0.3 is 10.2 Å². The maximum Gasteiger partial charge on any atom is 0.317 e. The fourth-order valence-electron chi connectivity index (χ4n) is 3.65. The van der Waals surface area contributed by atoms with Gasteiger partial charge in [0, 0.05) is 30.1 Å². The van der Waals surface area contributed by atoms with E-state index in [0.29, 0.717) is 11.6 Å². The van der Waals surface area contributed by atoms with Crippen LogP contribution in [0, 0.1) is 0 Å². The Morgan fingerprint density at radius 3 is 2.40 bits per heavy atom. The summed E-state index contributed by atoms with van der Waals surface area (Å²) in [5.74, 6) is 0.0236. The quantitative estimate of drug-likeness (QED) is 0.871. The van der Waals surface area contributed by atoms with Crippen molar-refractivity contribution in [1.82, 2.24) is 10.2 Å². The SMILES string of the molecule is CC1(C)CN(C(=O)NCC2(c3ccc(Cl)cc3)CCC2)CCS1(=O)=O. The summed E-state index contributed by atoms with van der Waals surface area (Å²) in [6, 6.07) is 7.66. The van der Waals surface area contributed by atoms with Crippen LogP contribution in [-0.2, 0) is 15.3 Å². The molecule has 1 saturated carbocycles. The van der Waals surface area contributed by atoms with Crippen LogP contribution < -0.4 is 5.32 Å². The molecular weight excluding hydrogens is 360 g/mol. The molecule has 1 N–H and O–H groups in total. The van der Waals surface area contributed by atoms with E-state index in [9.17, 15) is 13.2 Å². The summed E-state index contributed by atoms with van der Waals surface area (Å²) in [5, 5.41) is 3.74. The molecule has 25 heavy (non-hydrogen) atoms. The van der Waals surface area contributed by atoms with Crippen LogP contribution in [-0.4, -0.2) is 49.5 Å². The van der Waals surface area contributed by atoms with Gasteiger partial charge in [-0.15, -0.1) is 0 Å². The van der Waals surface area contributed by atoms with E-state index in [1.54, 1.807) is 18.7 Å². The minimum Gasteiger partial charge on any atom is -0.337 e. The maximum atomic E-state index is 12.6. The molecule has 2 aliphatic rings. The number of carbonyl (C=O) groups is 1. The lowest BCUT2D eigenvalue weighted by Crippen LogP contribution is -2.58. The van der Waals surface area contributed by atoms with Crippen molar-refractivity contribution >= 4 is 27.5 Å². The average Bonchev–Trinajstić information content (AvgIpc) is 2.50. The first-order chi connectivity index (χ1) is 11.7. The van der Waals surface area contributed by atoms with E-state index in [1.165, 1.54) is 5.56 Å². The Morgan fingerprint density at radius 2 is 1.88 bits per heavy atom. The van der Waals surface area contributed by atoms with Gasteiger partial charge in [0.25, 0.3) is 0 Å². The molecule has 1 heterocycles. The fraction of sp³-hybridized carbons (Fsp3) is 0.611. The number of carbonyl (C=O) groups excluding carboxylic acids is 1. The molecule has 0 radical (unpaired) electrons. The molecule has 0 bridgehead atoms. The fourth-order valence-corrected chi connectivity index (χ4v) is 5.14. The Labute approximate surface area is 154 Å². The lowest BCUT2D eigenvalue weighted by Gasteiger charge is -2.43. The van der Waals surface area contributed by atoms with Crippen molar-refractivity contribution in [3.8, 4) is 0 Å². The van der Waals surface area contributed by atoms with Gasteiger partial charge in [-0.1, -0.05) is 30.2 Å². The molecule has 0 atom stereocenters. The number of nitrogens with zero attached hydrogens (tertiary/aromatic N) is 1. The zero-order chi connectivity index (χ0) is 18.3. The van der Waals surface area contributed by atoms with Crippen LogP contribution in [0.4, 0.5) is 4.79 Å². The van der Waals surface area contributed by atoms with Gasteiger partial charge in [0.15, 0.2) is 9.84 Å². The van der Waals surface area contributed by atoms with E-state index < -0.39 is 14.6 Å². The predicted molar refractivity (Wildman–Crippen MR) is 99.8 cm³/mol. The third-order valence-electron chi connectivity index (χ3n) is 5.68. The van der Waals surface area contributed by atoms with Crippen LogP contribution in [0.3, 0.4) is 0 Å². The molecule has 7 heteroatoms. The number of halogens is 1. The molecule has 0 unspecified atom stereocenters. The van der Waals surface area contributed by atoms with E-state index in [0.717, 1.165) is 19.3 Å². The van der Waals surface area contributed by atoms with Crippen LogP contribution in [0.1, 0.15) is 38.7 Å². The van der Waals surface area contributed by atoms with E-state index >= 15 is 0 Å². The Balaban J connectivity index is 1.65. The van der Waals surface area contributed by atoms with Gasteiger partial charge in [-0.05, 0) is 44.4 Å². The topological polar surface area (TPSA) is 66.5 Å². The molecule has 138 valence electrons.